The van der Waals surface area contributed by atoms with Gasteiger partial charge in [-0.25, -0.2) is 9.78 Å². The van der Waals surface area contributed by atoms with Gasteiger partial charge in [-0.3, -0.25) is 0 Å². The van der Waals surface area contributed by atoms with E-state index in [9.17, 15) is 4.79 Å². The zero-order valence-corrected chi connectivity index (χ0v) is 12.9. The van der Waals surface area contributed by atoms with Crippen LogP contribution in [0.3, 0.4) is 0 Å². The minimum Gasteiger partial charge on any atom is -0.457 e. The van der Waals surface area contributed by atoms with Crippen molar-refractivity contribution in [2.24, 2.45) is 0 Å². The molecule has 21 heavy (non-hydrogen) atoms. The molecule has 3 rings (SSSR count). The van der Waals surface area contributed by atoms with Crippen molar-refractivity contribution in [1.82, 2.24) is 4.98 Å². The standard InChI is InChI=1S/C16H12ClNO2S/c1-10-6-7-21-14(10)16(19)20-9-12-8-11-4-2-3-5-13(11)18-15(12)17/h2-8H,9H2,1H3. The van der Waals surface area contributed by atoms with Crippen LogP contribution in [0.5, 0.6) is 0 Å². The summed E-state index contributed by atoms with van der Waals surface area (Å²) in [4.78, 5) is 16.9. The van der Waals surface area contributed by atoms with E-state index < -0.39 is 0 Å². The summed E-state index contributed by atoms with van der Waals surface area (Å²) in [6, 6.07) is 11.5. The molecule has 0 unspecified atom stereocenters. The largest absolute Gasteiger partial charge is 0.457 e. The summed E-state index contributed by atoms with van der Waals surface area (Å²) in [5.74, 6) is -0.327. The van der Waals surface area contributed by atoms with Crippen molar-refractivity contribution in [3.05, 3.63) is 62.9 Å². The fraction of sp³-hybridized carbons (Fsp3) is 0.125. The van der Waals surface area contributed by atoms with E-state index in [0.717, 1.165) is 16.5 Å². The molecule has 0 fully saturated rings. The maximum atomic E-state index is 12.0. The molecular formula is C16H12ClNO2S. The third-order valence-electron chi connectivity index (χ3n) is 3.16. The van der Waals surface area contributed by atoms with Gasteiger partial charge in [-0.15, -0.1) is 11.3 Å². The lowest BCUT2D eigenvalue weighted by molar-refractivity contribution is 0.0478. The quantitative estimate of drug-likeness (QED) is 0.523. The molecule has 0 saturated carbocycles. The number of rotatable bonds is 3. The van der Waals surface area contributed by atoms with Crippen molar-refractivity contribution in [2.45, 2.75) is 13.5 Å². The van der Waals surface area contributed by atoms with Gasteiger partial charge in [0.1, 0.15) is 16.6 Å². The van der Waals surface area contributed by atoms with Gasteiger partial charge in [-0.05, 0) is 36.1 Å². The molecule has 0 aliphatic carbocycles. The predicted octanol–water partition coefficient (Wildman–Crippen LogP) is 4.62. The molecule has 5 heteroatoms. The Kier molecular flexibility index (Phi) is 3.90. The van der Waals surface area contributed by atoms with Crippen LogP contribution in [-0.2, 0) is 11.3 Å². The number of hydrogen-bond donors (Lipinski definition) is 0. The Labute approximate surface area is 131 Å². The van der Waals surface area contributed by atoms with Gasteiger partial charge in [0.25, 0.3) is 0 Å². The fourth-order valence-corrected chi connectivity index (χ4v) is 3.05. The van der Waals surface area contributed by atoms with Crippen molar-refractivity contribution in [1.29, 1.82) is 0 Å². The number of pyridine rings is 1. The van der Waals surface area contributed by atoms with Gasteiger partial charge >= 0.3 is 5.97 Å². The first-order valence-corrected chi connectivity index (χ1v) is 7.66. The number of carbonyl (C=O) groups is 1. The van der Waals surface area contributed by atoms with Crippen molar-refractivity contribution < 1.29 is 9.53 Å². The Bertz CT molecular complexity index is 813. The van der Waals surface area contributed by atoms with Crippen LogP contribution in [0.25, 0.3) is 10.9 Å². The molecule has 0 radical (unpaired) electrons. The number of nitrogens with zero attached hydrogens (tertiary/aromatic N) is 1. The van der Waals surface area contributed by atoms with Crippen molar-refractivity contribution in [3.8, 4) is 0 Å². The molecule has 0 aliphatic heterocycles. The van der Waals surface area contributed by atoms with E-state index in [0.29, 0.717) is 15.6 Å². The highest BCUT2D eigenvalue weighted by Gasteiger charge is 2.13. The molecule has 0 N–H and O–H groups in total. The molecule has 2 aromatic heterocycles. The SMILES string of the molecule is Cc1ccsc1C(=O)OCc1cc2ccccc2nc1Cl. The molecule has 0 spiro atoms. The molecule has 2 heterocycles. The maximum Gasteiger partial charge on any atom is 0.348 e. The second-order valence-electron chi connectivity index (χ2n) is 4.64. The minimum atomic E-state index is -0.327. The molecule has 0 aliphatic rings. The number of benzene rings is 1. The molecule has 1 aromatic carbocycles. The summed E-state index contributed by atoms with van der Waals surface area (Å²) in [7, 11) is 0. The topological polar surface area (TPSA) is 39.2 Å². The minimum absolute atomic E-state index is 0.118. The van der Waals surface area contributed by atoms with Crippen LogP contribution in [-0.4, -0.2) is 11.0 Å². The van der Waals surface area contributed by atoms with Gasteiger partial charge in [-0.1, -0.05) is 29.8 Å². The lowest BCUT2D eigenvalue weighted by Crippen LogP contribution is -2.05. The lowest BCUT2D eigenvalue weighted by atomic mass is 10.2. The molecule has 106 valence electrons. The average molecular weight is 318 g/mol. The lowest BCUT2D eigenvalue weighted by Gasteiger charge is -2.07. The highest BCUT2D eigenvalue weighted by Crippen LogP contribution is 2.22. The molecule has 0 saturated heterocycles. The zero-order valence-electron chi connectivity index (χ0n) is 11.3. The summed E-state index contributed by atoms with van der Waals surface area (Å²) in [5, 5.41) is 3.21. The Balaban J connectivity index is 1.80. The highest BCUT2D eigenvalue weighted by atomic mass is 35.5. The molecule has 3 nitrogen and oxygen atoms in total. The predicted molar refractivity (Wildman–Crippen MR) is 84.9 cm³/mol. The van der Waals surface area contributed by atoms with E-state index in [-0.39, 0.29) is 12.6 Å². The number of thiophene rings is 1. The first-order chi connectivity index (χ1) is 10.1. The Morgan fingerprint density at radius 2 is 2.14 bits per heavy atom. The summed E-state index contributed by atoms with van der Waals surface area (Å²) >= 11 is 7.52. The number of para-hydroxylation sites is 1. The van der Waals surface area contributed by atoms with E-state index in [4.69, 9.17) is 16.3 Å². The van der Waals surface area contributed by atoms with E-state index in [1.165, 1.54) is 11.3 Å². The van der Waals surface area contributed by atoms with Crippen LogP contribution in [0.15, 0.2) is 41.8 Å². The third-order valence-corrected chi connectivity index (χ3v) is 4.48. The van der Waals surface area contributed by atoms with Crippen LogP contribution < -0.4 is 0 Å². The maximum absolute atomic E-state index is 12.0. The second kappa shape index (κ2) is 5.84. The summed E-state index contributed by atoms with van der Waals surface area (Å²) in [6.45, 7) is 2.00. The second-order valence-corrected chi connectivity index (χ2v) is 5.91. The number of hydrogen-bond acceptors (Lipinski definition) is 4. The van der Waals surface area contributed by atoms with Gasteiger partial charge in [0, 0.05) is 10.9 Å². The van der Waals surface area contributed by atoms with Gasteiger partial charge in [0.2, 0.25) is 0 Å². The van der Waals surface area contributed by atoms with Crippen molar-refractivity contribution in [3.63, 3.8) is 0 Å². The van der Waals surface area contributed by atoms with Gasteiger partial charge < -0.3 is 4.74 Å². The zero-order chi connectivity index (χ0) is 14.8. The highest BCUT2D eigenvalue weighted by molar-refractivity contribution is 7.12. The number of halogens is 1. The Morgan fingerprint density at radius 3 is 2.90 bits per heavy atom. The third kappa shape index (κ3) is 2.91. The van der Waals surface area contributed by atoms with Crippen LogP contribution in [0.4, 0.5) is 0 Å². The first kappa shape index (κ1) is 14.0. The van der Waals surface area contributed by atoms with Crippen LogP contribution in [0.1, 0.15) is 20.8 Å². The number of carbonyl (C=O) groups excluding carboxylic acids is 1. The fourth-order valence-electron chi connectivity index (χ4n) is 2.03. The monoisotopic (exact) mass is 317 g/mol. The smallest absolute Gasteiger partial charge is 0.348 e. The Hall–Kier alpha value is -1.91. The van der Waals surface area contributed by atoms with Crippen LogP contribution >= 0.6 is 22.9 Å². The average Bonchev–Trinajstić information content (AvgIpc) is 2.91. The number of aryl methyl sites for hydroxylation is 1. The number of ether oxygens (including phenoxy) is 1. The molecule has 0 bridgehead atoms. The van der Waals surface area contributed by atoms with E-state index in [2.05, 4.69) is 4.98 Å². The number of esters is 1. The summed E-state index contributed by atoms with van der Waals surface area (Å²) < 4.78 is 5.33. The van der Waals surface area contributed by atoms with E-state index >= 15 is 0 Å². The van der Waals surface area contributed by atoms with Crippen LogP contribution in [0, 0.1) is 6.92 Å². The molecule has 0 atom stereocenters. The summed E-state index contributed by atoms with van der Waals surface area (Å²) in [5.41, 5.74) is 2.46. The van der Waals surface area contributed by atoms with Crippen molar-refractivity contribution in [2.75, 3.05) is 0 Å². The molecule has 0 amide bonds. The van der Waals surface area contributed by atoms with E-state index in [1.807, 2.05) is 48.7 Å². The van der Waals surface area contributed by atoms with Crippen LogP contribution in [0.2, 0.25) is 5.15 Å². The van der Waals surface area contributed by atoms with Gasteiger partial charge in [-0.2, -0.15) is 0 Å². The van der Waals surface area contributed by atoms with E-state index in [1.54, 1.807) is 0 Å². The molecular weight excluding hydrogens is 306 g/mol. The number of fused-ring (bicyclic) bond motifs is 1. The van der Waals surface area contributed by atoms with Crippen molar-refractivity contribution >= 4 is 39.8 Å². The molecule has 3 aromatic rings. The first-order valence-electron chi connectivity index (χ1n) is 6.40. The normalized spacial score (nSPS) is 10.8. The summed E-state index contributed by atoms with van der Waals surface area (Å²) in [6.07, 6.45) is 0. The Morgan fingerprint density at radius 1 is 1.33 bits per heavy atom. The van der Waals surface area contributed by atoms with Gasteiger partial charge in [0.15, 0.2) is 0 Å². The van der Waals surface area contributed by atoms with Gasteiger partial charge in [0.05, 0.1) is 5.52 Å². The number of aromatic nitrogens is 1.